The van der Waals surface area contributed by atoms with E-state index in [4.69, 9.17) is 0 Å². The van der Waals surface area contributed by atoms with Gasteiger partial charge in [0.2, 0.25) is 0 Å². The van der Waals surface area contributed by atoms with Crippen molar-refractivity contribution in [3.63, 3.8) is 0 Å². The molecule has 0 unspecified atom stereocenters. The van der Waals surface area contributed by atoms with Gasteiger partial charge in [-0.3, -0.25) is 0 Å². The van der Waals surface area contributed by atoms with E-state index in [1.54, 1.807) is 0 Å². The number of hydrogen-bond donors (Lipinski definition) is 0. The van der Waals surface area contributed by atoms with E-state index >= 15 is 0 Å². The minimum atomic E-state index is -0.612. The molecule has 4 heteroatoms. The minimum absolute atomic E-state index is 0.612. The third-order valence-electron chi connectivity index (χ3n) is 5.73. The molecule has 0 spiro atoms. The van der Waals surface area contributed by atoms with Crippen molar-refractivity contribution in [1.29, 1.82) is 0 Å². The highest BCUT2D eigenvalue weighted by atomic mass is 32.2. The van der Waals surface area contributed by atoms with Crippen LogP contribution in [0, 0.1) is 0 Å². The first-order valence-electron chi connectivity index (χ1n) is 10.4. The van der Waals surface area contributed by atoms with Gasteiger partial charge in [0.25, 0.3) is 0 Å². The molecule has 152 valence electrons. The summed E-state index contributed by atoms with van der Waals surface area (Å²) in [5.74, 6) is 3.03. The SMILES string of the molecule is c1ccc2c(c1)CSc1cc3cc(c1)SCc1ccccc1P2c1ccccc1CS3. The molecule has 4 aromatic rings. The summed E-state index contributed by atoms with van der Waals surface area (Å²) >= 11 is 5.94. The molecule has 0 aromatic heterocycles. The second-order valence-corrected chi connectivity index (χ2v) is 13.0. The van der Waals surface area contributed by atoms with Gasteiger partial charge in [0, 0.05) is 31.9 Å². The van der Waals surface area contributed by atoms with Gasteiger partial charge in [-0.15, -0.1) is 35.3 Å². The second-order valence-electron chi connectivity index (χ2n) is 7.73. The van der Waals surface area contributed by atoms with Crippen molar-refractivity contribution >= 4 is 59.1 Å². The highest BCUT2D eigenvalue weighted by Crippen LogP contribution is 2.43. The van der Waals surface area contributed by atoms with E-state index in [2.05, 4.69) is 91.0 Å². The first-order valence-corrected chi connectivity index (χ1v) is 14.7. The molecule has 4 aromatic carbocycles. The molecule has 7 rings (SSSR count). The Morgan fingerprint density at radius 3 is 1.13 bits per heavy atom. The third kappa shape index (κ3) is 3.98. The van der Waals surface area contributed by atoms with Crippen LogP contribution >= 0.6 is 43.2 Å². The lowest BCUT2D eigenvalue weighted by Crippen LogP contribution is -2.27. The fourth-order valence-corrected chi connectivity index (χ4v) is 10.6. The molecule has 3 aliphatic rings. The molecular weight excluding hydrogens is 451 g/mol. The van der Waals surface area contributed by atoms with Gasteiger partial charge in [0.15, 0.2) is 0 Å². The summed E-state index contributed by atoms with van der Waals surface area (Å²) in [4.78, 5) is 4.15. The molecule has 0 atom stereocenters. The molecule has 0 aliphatic carbocycles. The van der Waals surface area contributed by atoms with Gasteiger partial charge in [-0.05, 0) is 58.7 Å². The van der Waals surface area contributed by atoms with E-state index in [0.29, 0.717) is 0 Å². The molecule has 0 nitrogen and oxygen atoms in total. The van der Waals surface area contributed by atoms with E-state index < -0.39 is 7.92 Å². The van der Waals surface area contributed by atoms with Crippen LogP contribution in [0.25, 0.3) is 0 Å². The maximum Gasteiger partial charge on any atom is 0.0238 e. The summed E-state index contributed by atoms with van der Waals surface area (Å²) in [5, 5.41) is 4.53. The summed E-state index contributed by atoms with van der Waals surface area (Å²) in [6.07, 6.45) is 0. The maximum atomic E-state index is 2.38. The molecule has 0 N–H and O–H groups in total. The van der Waals surface area contributed by atoms with Gasteiger partial charge in [0.1, 0.15) is 0 Å². The van der Waals surface area contributed by atoms with Crippen LogP contribution in [0.4, 0.5) is 0 Å². The molecule has 0 radical (unpaired) electrons. The van der Waals surface area contributed by atoms with E-state index in [1.165, 1.54) is 47.3 Å². The summed E-state index contributed by atoms with van der Waals surface area (Å²) in [5.41, 5.74) is 4.41. The standard InChI is InChI=1S/C27H21PS3/c1-4-10-25-19(7-1)16-29-22-13-23-15-24(14-22)31-18-21-9-3-6-12-27(21)28(25)26-11-5-2-8-20(26)17-30-23/h1-15H,16-18H2. The van der Waals surface area contributed by atoms with Crippen LogP contribution in [0.1, 0.15) is 16.7 Å². The van der Waals surface area contributed by atoms with Crippen LogP contribution in [-0.4, -0.2) is 0 Å². The number of fused-ring (bicyclic) bond motifs is 3. The van der Waals surface area contributed by atoms with Gasteiger partial charge in [-0.1, -0.05) is 72.8 Å². The zero-order chi connectivity index (χ0) is 20.6. The largest absolute Gasteiger partial charge is 0.121 e. The van der Waals surface area contributed by atoms with Crippen LogP contribution in [0.15, 0.2) is 106 Å². The van der Waals surface area contributed by atoms with Crippen molar-refractivity contribution in [2.45, 2.75) is 31.9 Å². The highest BCUT2D eigenvalue weighted by Gasteiger charge is 2.25. The van der Waals surface area contributed by atoms with Gasteiger partial charge in [-0.2, -0.15) is 0 Å². The van der Waals surface area contributed by atoms with E-state index in [9.17, 15) is 0 Å². The minimum Gasteiger partial charge on any atom is -0.121 e. The topological polar surface area (TPSA) is 0 Å². The molecule has 0 fully saturated rings. The Kier molecular flexibility index (Phi) is 5.62. The average molecular weight is 473 g/mol. The fraction of sp³-hybridized carbons (Fsp3) is 0.111. The van der Waals surface area contributed by atoms with Crippen LogP contribution in [0.3, 0.4) is 0 Å². The Balaban J connectivity index is 1.70. The highest BCUT2D eigenvalue weighted by molar-refractivity contribution is 8.00. The van der Waals surface area contributed by atoms with Crippen molar-refractivity contribution in [2.75, 3.05) is 0 Å². The summed E-state index contributed by atoms with van der Waals surface area (Å²) < 4.78 is 0. The van der Waals surface area contributed by atoms with Crippen molar-refractivity contribution < 1.29 is 0 Å². The van der Waals surface area contributed by atoms with Gasteiger partial charge in [-0.25, -0.2) is 0 Å². The molecule has 0 saturated carbocycles. The quantitative estimate of drug-likeness (QED) is 0.254. The van der Waals surface area contributed by atoms with Gasteiger partial charge < -0.3 is 0 Å². The van der Waals surface area contributed by atoms with Crippen LogP contribution in [-0.2, 0) is 17.3 Å². The maximum absolute atomic E-state index is 2.38. The predicted octanol–water partition coefficient (Wildman–Crippen LogP) is 6.95. The molecular formula is C27H21PS3. The van der Waals surface area contributed by atoms with Crippen molar-refractivity contribution in [1.82, 2.24) is 0 Å². The number of benzene rings is 4. The smallest absolute Gasteiger partial charge is 0.0238 e. The molecule has 31 heavy (non-hydrogen) atoms. The van der Waals surface area contributed by atoms with Crippen molar-refractivity contribution in [2.24, 2.45) is 0 Å². The Morgan fingerprint density at radius 1 is 0.452 bits per heavy atom. The van der Waals surface area contributed by atoms with Crippen LogP contribution < -0.4 is 15.9 Å². The zero-order valence-electron chi connectivity index (χ0n) is 17.0. The predicted molar refractivity (Wildman–Crippen MR) is 140 cm³/mol. The Morgan fingerprint density at radius 2 is 0.774 bits per heavy atom. The average Bonchev–Trinajstić information content (AvgIpc) is 2.81. The lowest BCUT2D eigenvalue weighted by Gasteiger charge is -2.27. The summed E-state index contributed by atoms with van der Waals surface area (Å²) in [7, 11) is -0.612. The van der Waals surface area contributed by atoms with Crippen LogP contribution in [0.2, 0.25) is 0 Å². The number of thioether (sulfide) groups is 3. The molecule has 0 saturated heterocycles. The third-order valence-corrected chi connectivity index (χ3v) is 11.6. The van der Waals surface area contributed by atoms with E-state index in [0.717, 1.165) is 17.3 Å². The zero-order valence-corrected chi connectivity index (χ0v) is 20.3. The fourth-order valence-electron chi connectivity index (χ4n) is 4.22. The van der Waals surface area contributed by atoms with Crippen molar-refractivity contribution in [3.05, 3.63) is 108 Å². The number of hydrogen-bond acceptors (Lipinski definition) is 3. The molecule has 0 amide bonds. The van der Waals surface area contributed by atoms with Gasteiger partial charge >= 0.3 is 0 Å². The monoisotopic (exact) mass is 472 g/mol. The first kappa shape index (κ1) is 20.0. The van der Waals surface area contributed by atoms with Gasteiger partial charge in [0.05, 0.1) is 0 Å². The van der Waals surface area contributed by atoms with E-state index in [-0.39, 0.29) is 0 Å². The summed E-state index contributed by atoms with van der Waals surface area (Å²) in [6, 6.07) is 34.6. The first-order chi connectivity index (χ1) is 15.3. The molecule has 3 heterocycles. The Bertz CT molecular complexity index is 1100. The number of rotatable bonds is 0. The Labute approximate surface area is 198 Å². The van der Waals surface area contributed by atoms with E-state index in [1.807, 2.05) is 35.3 Å². The summed E-state index contributed by atoms with van der Waals surface area (Å²) in [6.45, 7) is 0. The lowest BCUT2D eigenvalue weighted by molar-refractivity contribution is 1.22. The Hall–Kier alpha value is -1.64. The lowest BCUT2D eigenvalue weighted by atomic mass is 10.2. The van der Waals surface area contributed by atoms with Crippen molar-refractivity contribution in [3.8, 4) is 0 Å². The molecule has 4 bridgehead atoms. The van der Waals surface area contributed by atoms with Crippen LogP contribution in [0.5, 0.6) is 0 Å². The molecule has 3 aliphatic heterocycles. The second kappa shape index (κ2) is 8.71. The normalized spacial score (nSPS) is 15.5.